The van der Waals surface area contributed by atoms with Gasteiger partial charge in [0.15, 0.2) is 5.82 Å². The molecule has 0 aromatic carbocycles. The molecule has 2 aliphatic heterocycles. The highest BCUT2D eigenvalue weighted by molar-refractivity contribution is 5.95. The van der Waals surface area contributed by atoms with Crippen molar-refractivity contribution in [3.63, 3.8) is 0 Å². The van der Waals surface area contributed by atoms with Crippen LogP contribution in [0, 0.1) is 5.92 Å². The summed E-state index contributed by atoms with van der Waals surface area (Å²) in [6.07, 6.45) is 1.04. The van der Waals surface area contributed by atoms with Gasteiger partial charge in [-0.2, -0.15) is 5.10 Å². The van der Waals surface area contributed by atoms with E-state index < -0.39 is 0 Å². The van der Waals surface area contributed by atoms with Gasteiger partial charge in [-0.05, 0) is 12.3 Å². The Hall–Kier alpha value is -2.05. The molecule has 1 N–H and O–H groups in total. The van der Waals surface area contributed by atoms with Gasteiger partial charge in [0.25, 0.3) is 5.91 Å². The summed E-state index contributed by atoms with van der Waals surface area (Å²) in [6.45, 7) is 5.00. The van der Waals surface area contributed by atoms with E-state index in [9.17, 15) is 9.59 Å². The fourth-order valence-electron chi connectivity index (χ4n) is 2.67. The summed E-state index contributed by atoms with van der Waals surface area (Å²) in [5.41, 5.74) is 0.531. The Labute approximate surface area is 117 Å². The molecule has 0 aliphatic carbocycles. The maximum atomic E-state index is 12.1. The van der Waals surface area contributed by atoms with Gasteiger partial charge < -0.3 is 9.80 Å². The Balaban J connectivity index is 1.71. The van der Waals surface area contributed by atoms with E-state index in [0.29, 0.717) is 30.5 Å². The van der Waals surface area contributed by atoms with Gasteiger partial charge in [-0.3, -0.25) is 14.8 Å². The Morgan fingerprint density at radius 2 is 2.20 bits per heavy atom. The van der Waals surface area contributed by atoms with Gasteiger partial charge in [0.1, 0.15) is 5.69 Å². The van der Waals surface area contributed by atoms with Crippen LogP contribution >= 0.6 is 0 Å². The topological polar surface area (TPSA) is 70.5 Å². The molecule has 1 atom stereocenters. The second-order valence-corrected chi connectivity index (χ2v) is 5.63. The number of amides is 3. The first kappa shape index (κ1) is 13.0. The van der Waals surface area contributed by atoms with Crippen molar-refractivity contribution < 1.29 is 9.59 Å². The first-order valence-corrected chi connectivity index (χ1v) is 6.94. The van der Waals surface area contributed by atoms with Gasteiger partial charge in [-0.1, -0.05) is 6.92 Å². The molecule has 0 radical (unpaired) electrons. The number of urea groups is 1. The number of fused-ring (bicyclic) bond motifs is 1. The van der Waals surface area contributed by atoms with E-state index in [2.05, 4.69) is 17.3 Å². The van der Waals surface area contributed by atoms with Crippen LogP contribution in [0.4, 0.5) is 10.6 Å². The standard InChI is InChI=1S/C13H19N5O2/c1-9-3-4-17(8-9)13(20)14-11-7-10-12(19)16(2)5-6-18(10)15-11/h7,9H,3-6,8H2,1-2H3,(H,14,15,20). The summed E-state index contributed by atoms with van der Waals surface area (Å²) >= 11 is 0. The molecule has 2 aliphatic rings. The molecular formula is C13H19N5O2. The third-order valence-corrected chi connectivity index (χ3v) is 3.94. The van der Waals surface area contributed by atoms with E-state index >= 15 is 0 Å². The normalized spacial score (nSPS) is 22.1. The molecule has 108 valence electrons. The largest absolute Gasteiger partial charge is 0.339 e. The molecule has 1 fully saturated rings. The van der Waals surface area contributed by atoms with Crippen LogP contribution in [0.3, 0.4) is 0 Å². The Morgan fingerprint density at radius 3 is 2.90 bits per heavy atom. The quantitative estimate of drug-likeness (QED) is 0.827. The first-order chi connectivity index (χ1) is 9.54. The number of hydrogen-bond donors (Lipinski definition) is 1. The number of aromatic nitrogens is 2. The lowest BCUT2D eigenvalue weighted by Gasteiger charge is -2.22. The Morgan fingerprint density at radius 1 is 1.40 bits per heavy atom. The van der Waals surface area contributed by atoms with Gasteiger partial charge >= 0.3 is 6.03 Å². The number of nitrogens with zero attached hydrogens (tertiary/aromatic N) is 4. The molecule has 1 aromatic rings. The Bertz CT molecular complexity index is 553. The van der Waals surface area contributed by atoms with Crippen LogP contribution < -0.4 is 5.32 Å². The van der Waals surface area contributed by atoms with Crippen molar-refractivity contribution in [2.24, 2.45) is 5.92 Å². The Kier molecular flexibility index (Phi) is 3.11. The lowest BCUT2D eigenvalue weighted by atomic mass is 10.2. The zero-order chi connectivity index (χ0) is 14.3. The third kappa shape index (κ3) is 2.23. The monoisotopic (exact) mass is 277 g/mol. The van der Waals surface area contributed by atoms with E-state index in [-0.39, 0.29) is 11.9 Å². The van der Waals surface area contributed by atoms with Gasteiger partial charge in [-0.25, -0.2) is 4.79 Å². The van der Waals surface area contributed by atoms with Crippen molar-refractivity contribution in [3.8, 4) is 0 Å². The SMILES string of the molecule is CC1CCN(C(=O)Nc2cc3n(n2)CCN(C)C3=O)C1. The second kappa shape index (κ2) is 4.81. The maximum absolute atomic E-state index is 12.1. The molecule has 20 heavy (non-hydrogen) atoms. The molecule has 0 spiro atoms. The zero-order valence-electron chi connectivity index (χ0n) is 11.8. The summed E-state index contributed by atoms with van der Waals surface area (Å²) < 4.78 is 1.66. The molecule has 7 nitrogen and oxygen atoms in total. The molecule has 1 saturated heterocycles. The molecule has 3 heterocycles. The van der Waals surface area contributed by atoms with Crippen LogP contribution in [-0.4, -0.2) is 58.2 Å². The average molecular weight is 277 g/mol. The zero-order valence-corrected chi connectivity index (χ0v) is 11.8. The average Bonchev–Trinajstić information content (AvgIpc) is 3.00. The highest BCUT2D eigenvalue weighted by Gasteiger charge is 2.26. The van der Waals surface area contributed by atoms with E-state index in [4.69, 9.17) is 0 Å². The highest BCUT2D eigenvalue weighted by Crippen LogP contribution is 2.18. The molecule has 7 heteroatoms. The first-order valence-electron chi connectivity index (χ1n) is 6.94. The molecule has 0 bridgehead atoms. The molecule has 0 saturated carbocycles. The van der Waals surface area contributed by atoms with E-state index in [1.807, 2.05) is 0 Å². The minimum absolute atomic E-state index is 0.0564. The molecule has 1 aromatic heterocycles. The van der Waals surface area contributed by atoms with Crippen LogP contribution in [0.15, 0.2) is 6.07 Å². The number of nitrogens with one attached hydrogen (secondary N) is 1. The minimum Gasteiger partial charge on any atom is -0.339 e. The number of carbonyl (C=O) groups excluding carboxylic acids is 2. The third-order valence-electron chi connectivity index (χ3n) is 3.94. The predicted octanol–water partition coefficient (Wildman–Crippen LogP) is 0.842. The van der Waals surface area contributed by atoms with Crippen molar-refractivity contribution in [2.75, 3.05) is 32.0 Å². The molecule has 3 rings (SSSR count). The second-order valence-electron chi connectivity index (χ2n) is 5.63. The van der Waals surface area contributed by atoms with Crippen LogP contribution in [0.2, 0.25) is 0 Å². The van der Waals surface area contributed by atoms with Crippen LogP contribution in [0.25, 0.3) is 0 Å². The van der Waals surface area contributed by atoms with Crippen molar-refractivity contribution in [3.05, 3.63) is 11.8 Å². The van der Waals surface area contributed by atoms with Crippen LogP contribution in [-0.2, 0) is 6.54 Å². The summed E-state index contributed by atoms with van der Waals surface area (Å²) in [5, 5.41) is 7.06. The maximum Gasteiger partial charge on any atom is 0.323 e. The van der Waals surface area contributed by atoms with Crippen molar-refractivity contribution in [1.82, 2.24) is 19.6 Å². The summed E-state index contributed by atoms with van der Waals surface area (Å²) in [4.78, 5) is 27.5. The fourth-order valence-corrected chi connectivity index (χ4v) is 2.67. The molecular weight excluding hydrogens is 258 g/mol. The van der Waals surface area contributed by atoms with E-state index in [0.717, 1.165) is 19.5 Å². The number of anilines is 1. The van der Waals surface area contributed by atoms with Gasteiger partial charge in [0.05, 0.1) is 6.54 Å². The fraction of sp³-hybridized carbons (Fsp3) is 0.615. The minimum atomic E-state index is -0.134. The number of rotatable bonds is 1. The van der Waals surface area contributed by atoms with E-state index in [1.165, 1.54) is 0 Å². The number of hydrogen-bond acceptors (Lipinski definition) is 3. The molecule has 1 unspecified atom stereocenters. The number of likely N-dealkylation sites (N-methyl/N-ethyl adjacent to an activating group) is 1. The van der Waals surface area contributed by atoms with Crippen LogP contribution in [0.5, 0.6) is 0 Å². The summed E-state index contributed by atoms with van der Waals surface area (Å²) in [5.74, 6) is 0.943. The van der Waals surface area contributed by atoms with Crippen molar-refractivity contribution >= 4 is 17.8 Å². The lowest BCUT2D eigenvalue weighted by Crippen LogP contribution is -2.37. The number of carbonyl (C=O) groups is 2. The lowest BCUT2D eigenvalue weighted by molar-refractivity contribution is 0.0743. The van der Waals surface area contributed by atoms with Crippen LogP contribution in [0.1, 0.15) is 23.8 Å². The van der Waals surface area contributed by atoms with Crippen molar-refractivity contribution in [1.29, 1.82) is 0 Å². The van der Waals surface area contributed by atoms with Gasteiger partial charge in [0, 0.05) is 32.7 Å². The van der Waals surface area contributed by atoms with E-state index in [1.54, 1.807) is 27.6 Å². The highest BCUT2D eigenvalue weighted by atomic mass is 16.2. The summed E-state index contributed by atoms with van der Waals surface area (Å²) in [6, 6.07) is 1.51. The smallest absolute Gasteiger partial charge is 0.323 e. The van der Waals surface area contributed by atoms with Gasteiger partial charge in [-0.15, -0.1) is 0 Å². The predicted molar refractivity (Wildman–Crippen MR) is 73.6 cm³/mol. The summed E-state index contributed by atoms with van der Waals surface area (Å²) in [7, 11) is 1.77. The number of likely N-dealkylation sites (tertiary alicyclic amines) is 1. The van der Waals surface area contributed by atoms with Crippen molar-refractivity contribution in [2.45, 2.75) is 19.9 Å². The molecule has 3 amide bonds. The van der Waals surface area contributed by atoms with Gasteiger partial charge in [0.2, 0.25) is 0 Å².